The van der Waals surface area contributed by atoms with Crippen LogP contribution in [-0.2, 0) is 4.79 Å². The van der Waals surface area contributed by atoms with E-state index in [0.29, 0.717) is 29.6 Å². The predicted molar refractivity (Wildman–Crippen MR) is 86.4 cm³/mol. The number of esters is 1. The number of ether oxygens (including phenoxy) is 1. The van der Waals surface area contributed by atoms with Crippen molar-refractivity contribution in [2.75, 3.05) is 0 Å². The lowest BCUT2D eigenvalue weighted by atomic mass is 9.86. The Kier molecular flexibility index (Phi) is 3.47. The summed E-state index contributed by atoms with van der Waals surface area (Å²) in [4.78, 5) is 23.7. The van der Waals surface area contributed by atoms with E-state index in [4.69, 9.17) is 9.15 Å². The number of benzene rings is 1. The molecule has 2 fully saturated rings. The summed E-state index contributed by atoms with van der Waals surface area (Å²) in [7, 11) is 0. The van der Waals surface area contributed by atoms with Gasteiger partial charge in [0, 0.05) is 23.9 Å². The molecule has 1 aromatic heterocycles. The van der Waals surface area contributed by atoms with E-state index < -0.39 is 0 Å². The normalized spacial score (nSPS) is 25.9. The molecule has 1 aromatic carbocycles. The van der Waals surface area contributed by atoms with Crippen LogP contribution in [-0.4, -0.2) is 5.97 Å². The standard InChI is InChI=1S/C19H20O4/c1-11-6-18(20)23-17-10-15(4-5-16(11)17)22-19(21)9-14-8-12-2-3-13(14)7-12/h4-6,10,12-14H,2-3,7-9H2,1H3/t12-,13-,14-/m1/s1. The third-order valence-corrected chi connectivity index (χ3v) is 5.47. The van der Waals surface area contributed by atoms with Crippen LogP contribution in [0.2, 0.25) is 0 Å². The molecular weight excluding hydrogens is 292 g/mol. The maximum absolute atomic E-state index is 12.2. The van der Waals surface area contributed by atoms with E-state index in [9.17, 15) is 9.59 Å². The first-order chi connectivity index (χ1) is 11.1. The van der Waals surface area contributed by atoms with Crippen molar-refractivity contribution in [1.29, 1.82) is 0 Å². The summed E-state index contributed by atoms with van der Waals surface area (Å²) in [6.45, 7) is 1.86. The molecule has 0 N–H and O–H groups in total. The maximum Gasteiger partial charge on any atom is 0.336 e. The molecule has 0 amide bonds. The molecule has 0 aliphatic heterocycles. The van der Waals surface area contributed by atoms with Gasteiger partial charge in [0.15, 0.2) is 0 Å². The summed E-state index contributed by atoms with van der Waals surface area (Å²) in [5, 5.41) is 0.859. The number of hydrogen-bond acceptors (Lipinski definition) is 4. The Morgan fingerprint density at radius 2 is 2.13 bits per heavy atom. The largest absolute Gasteiger partial charge is 0.426 e. The zero-order chi connectivity index (χ0) is 16.0. The smallest absolute Gasteiger partial charge is 0.336 e. The van der Waals surface area contributed by atoms with Crippen LogP contribution in [0.25, 0.3) is 11.0 Å². The molecule has 2 aliphatic carbocycles. The van der Waals surface area contributed by atoms with Crippen molar-refractivity contribution in [3.63, 3.8) is 0 Å². The van der Waals surface area contributed by atoms with Crippen molar-refractivity contribution >= 4 is 16.9 Å². The van der Waals surface area contributed by atoms with Crippen molar-refractivity contribution < 1.29 is 13.9 Å². The molecule has 3 atom stereocenters. The van der Waals surface area contributed by atoms with Gasteiger partial charge in [-0.2, -0.15) is 0 Å². The second-order valence-corrected chi connectivity index (χ2v) is 7.02. The number of fused-ring (bicyclic) bond motifs is 3. The van der Waals surface area contributed by atoms with E-state index >= 15 is 0 Å². The molecule has 2 aromatic rings. The molecule has 0 saturated heterocycles. The van der Waals surface area contributed by atoms with Crippen LogP contribution >= 0.6 is 0 Å². The fourth-order valence-electron chi connectivity index (χ4n) is 4.38. The first-order valence-electron chi connectivity index (χ1n) is 8.33. The fraction of sp³-hybridized carbons (Fsp3) is 0.474. The van der Waals surface area contributed by atoms with Crippen molar-refractivity contribution in [1.82, 2.24) is 0 Å². The highest BCUT2D eigenvalue weighted by Crippen LogP contribution is 2.49. The minimum atomic E-state index is -0.388. The first kappa shape index (κ1) is 14.5. The van der Waals surface area contributed by atoms with Gasteiger partial charge in [-0.25, -0.2) is 4.79 Å². The molecule has 23 heavy (non-hydrogen) atoms. The van der Waals surface area contributed by atoms with E-state index in [0.717, 1.165) is 16.9 Å². The van der Waals surface area contributed by atoms with Crippen LogP contribution in [0.1, 0.15) is 37.7 Å². The SMILES string of the molecule is Cc1cc(=O)oc2cc(OC(=O)C[C@H]3C[C@@H]4CC[C@@H]3C4)ccc12. The lowest BCUT2D eigenvalue weighted by molar-refractivity contribution is -0.135. The summed E-state index contributed by atoms with van der Waals surface area (Å²) < 4.78 is 10.7. The molecule has 0 unspecified atom stereocenters. The Balaban J connectivity index is 1.49. The van der Waals surface area contributed by atoms with Gasteiger partial charge in [-0.05, 0) is 61.6 Å². The van der Waals surface area contributed by atoms with Gasteiger partial charge in [-0.3, -0.25) is 4.79 Å². The van der Waals surface area contributed by atoms with Crippen molar-refractivity contribution in [3.05, 3.63) is 40.2 Å². The Bertz CT molecular complexity index is 820. The molecule has 4 nitrogen and oxygen atoms in total. The lowest BCUT2D eigenvalue weighted by Gasteiger charge is -2.20. The second-order valence-electron chi connectivity index (χ2n) is 7.02. The molecular formula is C19H20O4. The van der Waals surface area contributed by atoms with E-state index in [1.54, 1.807) is 12.1 Å². The zero-order valence-electron chi connectivity index (χ0n) is 13.2. The van der Waals surface area contributed by atoms with Crippen LogP contribution in [0, 0.1) is 24.7 Å². The Morgan fingerprint density at radius 1 is 1.26 bits per heavy atom. The predicted octanol–water partition coefficient (Wildman–Crippen LogP) is 3.83. The number of aryl methyl sites for hydroxylation is 1. The zero-order valence-corrected chi connectivity index (χ0v) is 13.2. The van der Waals surface area contributed by atoms with Crippen LogP contribution in [0.15, 0.2) is 33.5 Å². The van der Waals surface area contributed by atoms with Crippen molar-refractivity contribution in [2.24, 2.45) is 17.8 Å². The van der Waals surface area contributed by atoms with Gasteiger partial charge in [-0.15, -0.1) is 0 Å². The Hall–Kier alpha value is -2.10. The summed E-state index contributed by atoms with van der Waals surface area (Å²) >= 11 is 0. The molecule has 2 saturated carbocycles. The quantitative estimate of drug-likeness (QED) is 0.491. The molecule has 2 bridgehead atoms. The lowest BCUT2D eigenvalue weighted by Crippen LogP contribution is -2.18. The number of carbonyl (C=O) groups excluding carboxylic acids is 1. The van der Waals surface area contributed by atoms with Crippen LogP contribution in [0.3, 0.4) is 0 Å². The molecule has 1 heterocycles. The summed E-state index contributed by atoms with van der Waals surface area (Å²) in [5.74, 6) is 2.29. The highest BCUT2D eigenvalue weighted by molar-refractivity contribution is 5.82. The van der Waals surface area contributed by atoms with Crippen molar-refractivity contribution in [3.8, 4) is 5.75 Å². The maximum atomic E-state index is 12.2. The molecule has 4 heteroatoms. The molecule has 0 spiro atoms. The van der Waals surface area contributed by atoms with Gasteiger partial charge in [0.2, 0.25) is 0 Å². The summed E-state index contributed by atoms with van der Waals surface area (Å²) in [5.41, 5.74) is 0.928. The first-order valence-corrected chi connectivity index (χ1v) is 8.33. The third kappa shape index (κ3) is 2.78. The molecule has 120 valence electrons. The number of carbonyl (C=O) groups is 1. The minimum absolute atomic E-state index is 0.183. The van der Waals surface area contributed by atoms with Crippen LogP contribution < -0.4 is 10.4 Å². The number of rotatable bonds is 3. The minimum Gasteiger partial charge on any atom is -0.426 e. The Morgan fingerprint density at radius 3 is 2.87 bits per heavy atom. The average molecular weight is 312 g/mol. The van der Waals surface area contributed by atoms with Crippen LogP contribution in [0.5, 0.6) is 5.75 Å². The highest BCUT2D eigenvalue weighted by Gasteiger charge is 2.40. The van der Waals surface area contributed by atoms with E-state index in [1.165, 1.54) is 31.7 Å². The van der Waals surface area contributed by atoms with E-state index in [-0.39, 0.29) is 11.6 Å². The fourth-order valence-corrected chi connectivity index (χ4v) is 4.38. The van der Waals surface area contributed by atoms with Gasteiger partial charge in [0.1, 0.15) is 11.3 Å². The summed E-state index contributed by atoms with van der Waals surface area (Å²) in [6, 6.07) is 6.67. The van der Waals surface area contributed by atoms with E-state index in [1.807, 2.05) is 13.0 Å². The second kappa shape index (κ2) is 5.52. The highest BCUT2D eigenvalue weighted by atomic mass is 16.5. The summed E-state index contributed by atoms with van der Waals surface area (Å²) in [6.07, 6.45) is 5.56. The van der Waals surface area contributed by atoms with Gasteiger partial charge >= 0.3 is 11.6 Å². The molecule has 4 rings (SSSR count). The third-order valence-electron chi connectivity index (χ3n) is 5.47. The van der Waals surface area contributed by atoms with Gasteiger partial charge in [-0.1, -0.05) is 6.42 Å². The van der Waals surface area contributed by atoms with Gasteiger partial charge in [0.25, 0.3) is 0 Å². The van der Waals surface area contributed by atoms with Gasteiger partial charge < -0.3 is 9.15 Å². The van der Waals surface area contributed by atoms with E-state index in [2.05, 4.69) is 0 Å². The number of hydrogen-bond donors (Lipinski definition) is 0. The average Bonchev–Trinajstić information content (AvgIpc) is 3.09. The molecule has 2 aliphatic rings. The Labute approximate surface area is 134 Å². The molecule has 0 radical (unpaired) electrons. The van der Waals surface area contributed by atoms with Crippen molar-refractivity contribution in [2.45, 2.75) is 39.0 Å². The monoisotopic (exact) mass is 312 g/mol. The topological polar surface area (TPSA) is 56.5 Å². The van der Waals surface area contributed by atoms with Crippen LogP contribution in [0.4, 0.5) is 0 Å². The van der Waals surface area contributed by atoms with Gasteiger partial charge in [0.05, 0.1) is 0 Å².